The fourth-order valence-electron chi connectivity index (χ4n) is 1.20. The summed E-state index contributed by atoms with van der Waals surface area (Å²) in [5, 5.41) is 0. The number of nitrogen functional groups attached to an aromatic ring is 1. The second kappa shape index (κ2) is 4.59. The van der Waals surface area contributed by atoms with Crippen molar-refractivity contribution in [2.45, 2.75) is 6.92 Å². The van der Waals surface area contributed by atoms with Crippen LogP contribution in [0.1, 0.15) is 17.4 Å². The van der Waals surface area contributed by atoms with Crippen molar-refractivity contribution < 1.29 is 4.79 Å². The Morgan fingerprint density at radius 1 is 1.60 bits per heavy atom. The van der Waals surface area contributed by atoms with E-state index in [2.05, 4.69) is 11.6 Å². The zero-order chi connectivity index (χ0) is 11.4. The highest BCUT2D eigenvalue weighted by Crippen LogP contribution is 2.05. The normalized spacial score (nSPS) is 9.73. The number of anilines is 1. The van der Waals surface area contributed by atoms with Crippen molar-refractivity contribution in [2.24, 2.45) is 0 Å². The Morgan fingerprint density at radius 2 is 2.27 bits per heavy atom. The van der Waals surface area contributed by atoms with Crippen LogP contribution in [0.4, 0.5) is 5.69 Å². The molecule has 0 saturated carbocycles. The topological polar surface area (TPSA) is 59.2 Å². The first-order valence-corrected chi connectivity index (χ1v) is 4.62. The molecule has 0 radical (unpaired) electrons. The minimum absolute atomic E-state index is 0.127. The molecule has 4 nitrogen and oxygen atoms in total. The molecule has 2 N–H and O–H groups in total. The van der Waals surface area contributed by atoms with Gasteiger partial charge in [-0.25, -0.2) is 4.98 Å². The second-order valence-corrected chi connectivity index (χ2v) is 3.60. The van der Waals surface area contributed by atoms with Gasteiger partial charge >= 0.3 is 0 Å². The SMILES string of the molecule is C=C(C)CN(C)C(=O)c1ccc(N)cn1. The molecule has 1 rings (SSSR count). The van der Waals surface area contributed by atoms with Crippen LogP contribution in [0.2, 0.25) is 0 Å². The van der Waals surface area contributed by atoms with E-state index >= 15 is 0 Å². The number of aromatic nitrogens is 1. The molecule has 0 aliphatic rings. The fourth-order valence-corrected chi connectivity index (χ4v) is 1.20. The van der Waals surface area contributed by atoms with Crippen molar-refractivity contribution in [1.29, 1.82) is 0 Å². The highest BCUT2D eigenvalue weighted by Gasteiger charge is 2.12. The van der Waals surface area contributed by atoms with E-state index in [-0.39, 0.29) is 5.91 Å². The van der Waals surface area contributed by atoms with E-state index in [9.17, 15) is 4.79 Å². The molecule has 1 aromatic rings. The van der Waals surface area contributed by atoms with Crippen LogP contribution in [0.5, 0.6) is 0 Å². The number of carbonyl (C=O) groups is 1. The lowest BCUT2D eigenvalue weighted by Crippen LogP contribution is -2.28. The van der Waals surface area contributed by atoms with E-state index in [1.807, 2.05) is 6.92 Å². The Kier molecular flexibility index (Phi) is 3.44. The van der Waals surface area contributed by atoms with Gasteiger partial charge in [0.05, 0.1) is 11.9 Å². The Bertz CT molecular complexity index is 370. The van der Waals surface area contributed by atoms with Crippen LogP contribution in [-0.4, -0.2) is 29.4 Å². The molecule has 0 spiro atoms. The largest absolute Gasteiger partial charge is 0.397 e. The Hall–Kier alpha value is -1.84. The zero-order valence-electron chi connectivity index (χ0n) is 9.03. The fraction of sp³-hybridized carbons (Fsp3) is 0.273. The molecule has 15 heavy (non-hydrogen) atoms. The highest BCUT2D eigenvalue weighted by atomic mass is 16.2. The first-order valence-electron chi connectivity index (χ1n) is 4.62. The molecule has 0 aliphatic carbocycles. The molecule has 0 unspecified atom stereocenters. The summed E-state index contributed by atoms with van der Waals surface area (Å²) in [6, 6.07) is 3.28. The number of likely N-dealkylation sites (N-methyl/N-ethyl adjacent to an activating group) is 1. The predicted molar refractivity (Wildman–Crippen MR) is 60.4 cm³/mol. The number of nitrogens with zero attached hydrogens (tertiary/aromatic N) is 2. The maximum Gasteiger partial charge on any atom is 0.272 e. The predicted octanol–water partition coefficient (Wildman–Crippen LogP) is 1.31. The Labute approximate surface area is 89.4 Å². The molecule has 0 atom stereocenters. The standard InChI is InChI=1S/C11H15N3O/c1-8(2)7-14(3)11(15)10-5-4-9(12)6-13-10/h4-6H,1,7,12H2,2-3H3. The van der Waals surface area contributed by atoms with Gasteiger partial charge in [-0.1, -0.05) is 12.2 Å². The minimum Gasteiger partial charge on any atom is -0.397 e. The van der Waals surface area contributed by atoms with Crippen LogP contribution in [0.25, 0.3) is 0 Å². The van der Waals surface area contributed by atoms with Gasteiger partial charge in [0.15, 0.2) is 0 Å². The number of rotatable bonds is 3. The van der Waals surface area contributed by atoms with Gasteiger partial charge in [0, 0.05) is 13.6 Å². The van der Waals surface area contributed by atoms with Gasteiger partial charge in [-0.3, -0.25) is 4.79 Å². The molecule has 1 heterocycles. The first-order chi connectivity index (χ1) is 7.00. The summed E-state index contributed by atoms with van der Waals surface area (Å²) in [4.78, 5) is 17.3. The average Bonchev–Trinajstić information content (AvgIpc) is 2.17. The van der Waals surface area contributed by atoms with Crippen LogP contribution < -0.4 is 5.73 Å². The van der Waals surface area contributed by atoms with Crippen molar-refractivity contribution in [3.8, 4) is 0 Å². The summed E-state index contributed by atoms with van der Waals surface area (Å²) in [6.45, 7) is 6.16. The summed E-state index contributed by atoms with van der Waals surface area (Å²) in [6.07, 6.45) is 1.47. The van der Waals surface area contributed by atoms with E-state index in [0.29, 0.717) is 17.9 Å². The second-order valence-electron chi connectivity index (χ2n) is 3.60. The van der Waals surface area contributed by atoms with Gasteiger partial charge in [-0.05, 0) is 19.1 Å². The van der Waals surface area contributed by atoms with Crippen LogP contribution in [0.15, 0.2) is 30.5 Å². The summed E-state index contributed by atoms with van der Waals surface area (Å²) in [5.74, 6) is -0.127. The van der Waals surface area contributed by atoms with E-state index in [0.717, 1.165) is 5.57 Å². The lowest BCUT2D eigenvalue weighted by molar-refractivity contribution is 0.0801. The lowest BCUT2D eigenvalue weighted by atomic mass is 10.2. The third-order valence-electron chi connectivity index (χ3n) is 1.86. The number of hydrogen-bond acceptors (Lipinski definition) is 3. The molecule has 1 amide bonds. The maximum atomic E-state index is 11.8. The minimum atomic E-state index is -0.127. The summed E-state index contributed by atoms with van der Waals surface area (Å²) in [7, 11) is 1.72. The molecule has 1 aromatic heterocycles. The van der Waals surface area contributed by atoms with Crippen molar-refractivity contribution in [1.82, 2.24) is 9.88 Å². The third kappa shape index (κ3) is 3.09. The quantitative estimate of drug-likeness (QED) is 0.757. The lowest BCUT2D eigenvalue weighted by Gasteiger charge is -2.16. The molecular formula is C11H15N3O. The molecule has 0 aliphatic heterocycles. The average molecular weight is 205 g/mol. The van der Waals surface area contributed by atoms with Gasteiger partial charge in [0.2, 0.25) is 0 Å². The van der Waals surface area contributed by atoms with Crippen LogP contribution >= 0.6 is 0 Å². The number of carbonyl (C=O) groups excluding carboxylic acids is 1. The summed E-state index contributed by atoms with van der Waals surface area (Å²) < 4.78 is 0. The molecule has 0 bridgehead atoms. The van der Waals surface area contributed by atoms with Gasteiger partial charge in [-0.2, -0.15) is 0 Å². The summed E-state index contributed by atoms with van der Waals surface area (Å²) in [5.41, 5.74) is 7.36. The monoisotopic (exact) mass is 205 g/mol. The number of amides is 1. The Morgan fingerprint density at radius 3 is 2.73 bits per heavy atom. The maximum absolute atomic E-state index is 11.8. The van der Waals surface area contributed by atoms with E-state index in [4.69, 9.17) is 5.73 Å². The third-order valence-corrected chi connectivity index (χ3v) is 1.86. The molecule has 80 valence electrons. The molecule has 0 aromatic carbocycles. The molecule has 0 fully saturated rings. The number of hydrogen-bond donors (Lipinski definition) is 1. The number of nitrogens with two attached hydrogens (primary N) is 1. The van der Waals surface area contributed by atoms with Gasteiger partial charge in [-0.15, -0.1) is 0 Å². The molecule has 4 heteroatoms. The van der Waals surface area contributed by atoms with E-state index < -0.39 is 0 Å². The highest BCUT2D eigenvalue weighted by molar-refractivity contribution is 5.92. The van der Waals surface area contributed by atoms with Crippen molar-refractivity contribution >= 4 is 11.6 Å². The van der Waals surface area contributed by atoms with Crippen molar-refractivity contribution in [3.05, 3.63) is 36.2 Å². The van der Waals surface area contributed by atoms with E-state index in [1.165, 1.54) is 6.20 Å². The first kappa shape index (κ1) is 11.2. The van der Waals surface area contributed by atoms with E-state index in [1.54, 1.807) is 24.1 Å². The van der Waals surface area contributed by atoms with Crippen LogP contribution in [0, 0.1) is 0 Å². The smallest absolute Gasteiger partial charge is 0.272 e. The van der Waals surface area contributed by atoms with Crippen LogP contribution in [-0.2, 0) is 0 Å². The van der Waals surface area contributed by atoms with Gasteiger partial charge in [0.1, 0.15) is 5.69 Å². The number of pyridine rings is 1. The summed E-state index contributed by atoms with van der Waals surface area (Å²) >= 11 is 0. The van der Waals surface area contributed by atoms with Crippen molar-refractivity contribution in [3.63, 3.8) is 0 Å². The molecule has 0 saturated heterocycles. The Balaban J connectivity index is 2.76. The zero-order valence-corrected chi connectivity index (χ0v) is 9.03. The van der Waals surface area contributed by atoms with Crippen molar-refractivity contribution in [2.75, 3.05) is 19.3 Å². The van der Waals surface area contributed by atoms with Crippen LogP contribution in [0.3, 0.4) is 0 Å². The molecular weight excluding hydrogens is 190 g/mol. The van der Waals surface area contributed by atoms with Gasteiger partial charge < -0.3 is 10.6 Å². The van der Waals surface area contributed by atoms with Gasteiger partial charge in [0.25, 0.3) is 5.91 Å².